The average molecular weight is 344 g/mol. The zero-order chi connectivity index (χ0) is 14.2. The van der Waals surface area contributed by atoms with Gasteiger partial charge in [-0.05, 0) is 42.7 Å². The van der Waals surface area contributed by atoms with Crippen LogP contribution >= 0.6 is 15.9 Å². The molecule has 1 aromatic rings. The maximum absolute atomic E-state index is 5.84. The highest BCUT2D eigenvalue weighted by atomic mass is 79.9. The molecule has 0 saturated carbocycles. The molecule has 0 bridgehead atoms. The summed E-state index contributed by atoms with van der Waals surface area (Å²) >= 11 is 3.67. The standard InChI is InChI=1S/C14H22BrN3O2/c1-3-18-12(13(15)11(2)16-18)9-17-6-4-5-14(10-17)19-7-8-20-14/h3-10H2,1-2H3. The van der Waals surface area contributed by atoms with Crippen LogP contribution in [0, 0.1) is 6.92 Å². The topological polar surface area (TPSA) is 39.5 Å². The molecule has 0 aromatic carbocycles. The van der Waals surface area contributed by atoms with Gasteiger partial charge < -0.3 is 9.47 Å². The third-order valence-corrected chi connectivity index (χ3v) is 5.17. The summed E-state index contributed by atoms with van der Waals surface area (Å²) in [5.74, 6) is -0.350. The minimum atomic E-state index is -0.350. The Kier molecular flexibility index (Phi) is 4.17. The van der Waals surface area contributed by atoms with Crippen molar-refractivity contribution in [2.75, 3.05) is 26.3 Å². The van der Waals surface area contributed by atoms with Gasteiger partial charge >= 0.3 is 0 Å². The Labute approximate surface area is 128 Å². The van der Waals surface area contributed by atoms with Gasteiger partial charge in [-0.3, -0.25) is 9.58 Å². The second-order valence-corrected chi connectivity index (χ2v) is 6.38. The van der Waals surface area contributed by atoms with Crippen LogP contribution in [0.3, 0.4) is 0 Å². The molecule has 2 saturated heterocycles. The Morgan fingerprint density at radius 1 is 1.35 bits per heavy atom. The van der Waals surface area contributed by atoms with E-state index in [9.17, 15) is 0 Å². The molecular formula is C14H22BrN3O2. The SMILES string of the molecule is CCn1nc(C)c(Br)c1CN1CCCC2(C1)OCCO2. The molecule has 0 radical (unpaired) electrons. The van der Waals surface area contributed by atoms with Gasteiger partial charge in [0.1, 0.15) is 0 Å². The van der Waals surface area contributed by atoms with E-state index < -0.39 is 0 Å². The van der Waals surface area contributed by atoms with Crippen LogP contribution in [0.2, 0.25) is 0 Å². The van der Waals surface area contributed by atoms with Gasteiger partial charge in [-0.1, -0.05) is 0 Å². The second-order valence-electron chi connectivity index (χ2n) is 5.58. The van der Waals surface area contributed by atoms with E-state index in [1.807, 2.05) is 6.92 Å². The van der Waals surface area contributed by atoms with Crippen LogP contribution in [0.1, 0.15) is 31.2 Å². The summed E-state index contributed by atoms with van der Waals surface area (Å²) in [5.41, 5.74) is 2.31. The van der Waals surface area contributed by atoms with Crippen molar-refractivity contribution in [2.45, 2.75) is 45.6 Å². The van der Waals surface area contributed by atoms with Crippen molar-refractivity contribution in [3.05, 3.63) is 15.9 Å². The first-order valence-corrected chi connectivity index (χ1v) is 8.15. The Morgan fingerprint density at radius 2 is 2.10 bits per heavy atom. The van der Waals surface area contributed by atoms with Crippen molar-refractivity contribution < 1.29 is 9.47 Å². The van der Waals surface area contributed by atoms with E-state index in [0.29, 0.717) is 0 Å². The van der Waals surface area contributed by atoms with Gasteiger partial charge in [0.25, 0.3) is 0 Å². The largest absolute Gasteiger partial charge is 0.346 e. The fourth-order valence-electron chi connectivity index (χ4n) is 3.17. The van der Waals surface area contributed by atoms with Crippen LogP contribution in [0.5, 0.6) is 0 Å². The zero-order valence-electron chi connectivity index (χ0n) is 12.2. The van der Waals surface area contributed by atoms with Crippen LogP contribution in [0.25, 0.3) is 0 Å². The Bertz CT molecular complexity index is 483. The van der Waals surface area contributed by atoms with Crippen LogP contribution in [0.4, 0.5) is 0 Å². The molecule has 3 rings (SSSR count). The number of aryl methyl sites for hydroxylation is 2. The van der Waals surface area contributed by atoms with Crippen LogP contribution in [-0.4, -0.2) is 46.8 Å². The summed E-state index contributed by atoms with van der Waals surface area (Å²) in [6.07, 6.45) is 2.13. The van der Waals surface area contributed by atoms with E-state index in [4.69, 9.17) is 9.47 Å². The molecule has 0 aliphatic carbocycles. The Hall–Kier alpha value is -0.430. The summed E-state index contributed by atoms with van der Waals surface area (Å²) < 4.78 is 14.9. The summed E-state index contributed by atoms with van der Waals surface area (Å²) in [5, 5.41) is 4.56. The molecule has 0 N–H and O–H groups in total. The first-order valence-electron chi connectivity index (χ1n) is 7.35. The molecule has 3 heterocycles. The maximum atomic E-state index is 5.84. The lowest BCUT2D eigenvalue weighted by molar-refractivity contribution is -0.190. The van der Waals surface area contributed by atoms with Crippen LogP contribution in [-0.2, 0) is 22.6 Å². The lowest BCUT2D eigenvalue weighted by atomic mass is 10.0. The first kappa shape index (κ1) is 14.5. The van der Waals surface area contributed by atoms with Crippen LogP contribution in [0.15, 0.2) is 4.47 Å². The molecular weight excluding hydrogens is 322 g/mol. The number of hydrogen-bond acceptors (Lipinski definition) is 4. The Morgan fingerprint density at radius 3 is 2.80 bits per heavy atom. The Balaban J connectivity index is 1.74. The highest BCUT2D eigenvalue weighted by Gasteiger charge is 2.40. The highest BCUT2D eigenvalue weighted by molar-refractivity contribution is 9.10. The van der Waals surface area contributed by atoms with E-state index in [-0.39, 0.29) is 5.79 Å². The maximum Gasteiger partial charge on any atom is 0.181 e. The van der Waals surface area contributed by atoms with Gasteiger partial charge in [-0.25, -0.2) is 0 Å². The molecule has 2 aliphatic heterocycles. The quantitative estimate of drug-likeness (QED) is 0.844. The number of aromatic nitrogens is 2. The zero-order valence-corrected chi connectivity index (χ0v) is 13.8. The third-order valence-electron chi connectivity index (χ3n) is 4.14. The van der Waals surface area contributed by atoms with Crippen molar-refractivity contribution in [3.63, 3.8) is 0 Å². The number of hydrogen-bond donors (Lipinski definition) is 0. The van der Waals surface area contributed by atoms with Crippen molar-refractivity contribution in [2.24, 2.45) is 0 Å². The molecule has 6 heteroatoms. The number of likely N-dealkylation sites (tertiary alicyclic amines) is 1. The van der Waals surface area contributed by atoms with E-state index in [0.717, 1.165) is 62.4 Å². The summed E-state index contributed by atoms with van der Waals surface area (Å²) in [6, 6.07) is 0. The van der Waals surface area contributed by atoms with Gasteiger partial charge in [0.05, 0.1) is 35.6 Å². The fraction of sp³-hybridized carbons (Fsp3) is 0.786. The van der Waals surface area contributed by atoms with Crippen molar-refractivity contribution in [3.8, 4) is 0 Å². The van der Waals surface area contributed by atoms with Crippen molar-refractivity contribution in [1.82, 2.24) is 14.7 Å². The molecule has 0 amide bonds. The number of halogens is 1. The van der Waals surface area contributed by atoms with Crippen molar-refractivity contribution in [1.29, 1.82) is 0 Å². The molecule has 1 aromatic heterocycles. The number of rotatable bonds is 3. The lowest BCUT2D eigenvalue weighted by Crippen LogP contribution is -2.48. The molecule has 2 aliphatic rings. The van der Waals surface area contributed by atoms with Gasteiger partial charge in [0.15, 0.2) is 5.79 Å². The molecule has 5 nitrogen and oxygen atoms in total. The predicted octanol–water partition coefficient (Wildman–Crippen LogP) is 2.31. The molecule has 20 heavy (non-hydrogen) atoms. The highest BCUT2D eigenvalue weighted by Crippen LogP contribution is 2.31. The van der Waals surface area contributed by atoms with Crippen LogP contribution < -0.4 is 0 Å². The summed E-state index contributed by atoms with van der Waals surface area (Å²) in [7, 11) is 0. The second kappa shape index (κ2) is 5.75. The number of ether oxygens (including phenoxy) is 2. The number of piperidine rings is 1. The molecule has 1 spiro atoms. The van der Waals surface area contributed by atoms with Gasteiger partial charge in [-0.2, -0.15) is 5.10 Å². The molecule has 112 valence electrons. The van der Waals surface area contributed by atoms with Crippen molar-refractivity contribution >= 4 is 15.9 Å². The smallest absolute Gasteiger partial charge is 0.181 e. The van der Waals surface area contributed by atoms with E-state index in [2.05, 4.69) is 37.5 Å². The number of nitrogens with zero attached hydrogens (tertiary/aromatic N) is 3. The monoisotopic (exact) mass is 343 g/mol. The molecule has 0 unspecified atom stereocenters. The normalized spacial score (nSPS) is 22.8. The van der Waals surface area contributed by atoms with E-state index in [1.165, 1.54) is 5.69 Å². The van der Waals surface area contributed by atoms with Gasteiger partial charge in [0.2, 0.25) is 0 Å². The summed E-state index contributed by atoms with van der Waals surface area (Å²) in [4.78, 5) is 2.42. The minimum absolute atomic E-state index is 0.350. The van der Waals surface area contributed by atoms with E-state index >= 15 is 0 Å². The average Bonchev–Trinajstić information content (AvgIpc) is 2.99. The predicted molar refractivity (Wildman–Crippen MR) is 79.5 cm³/mol. The van der Waals surface area contributed by atoms with Gasteiger partial charge in [-0.15, -0.1) is 0 Å². The summed E-state index contributed by atoms with van der Waals surface area (Å²) in [6.45, 7) is 9.36. The third kappa shape index (κ3) is 2.66. The van der Waals surface area contributed by atoms with E-state index in [1.54, 1.807) is 0 Å². The first-order chi connectivity index (χ1) is 9.63. The van der Waals surface area contributed by atoms with Gasteiger partial charge in [0, 0.05) is 19.5 Å². The lowest BCUT2D eigenvalue weighted by Gasteiger charge is -2.38. The fourth-order valence-corrected chi connectivity index (χ4v) is 3.58. The minimum Gasteiger partial charge on any atom is -0.346 e. The molecule has 0 atom stereocenters. The molecule has 2 fully saturated rings.